The summed E-state index contributed by atoms with van der Waals surface area (Å²) in [6, 6.07) is 19.8. The summed E-state index contributed by atoms with van der Waals surface area (Å²) < 4.78 is 7.57. The largest absolute Gasteiger partial charge is 0.461 e. The topological polar surface area (TPSA) is 43.9 Å². The molecule has 0 aliphatic heterocycles. The first-order chi connectivity index (χ1) is 12.7. The molecule has 2 aromatic carbocycles. The quantitative estimate of drug-likeness (QED) is 0.411. The van der Waals surface area contributed by atoms with Crippen LogP contribution in [0.2, 0.25) is 5.02 Å². The van der Waals surface area contributed by atoms with Gasteiger partial charge in [-0.2, -0.15) is 0 Å². The molecule has 6 heteroatoms. The summed E-state index contributed by atoms with van der Waals surface area (Å²) in [7, 11) is 0. The van der Waals surface area contributed by atoms with Gasteiger partial charge in [-0.25, -0.2) is 0 Å². The molecule has 0 radical (unpaired) electrons. The van der Waals surface area contributed by atoms with E-state index in [-0.39, 0.29) is 0 Å². The van der Waals surface area contributed by atoms with Gasteiger partial charge in [-0.15, -0.1) is 10.2 Å². The van der Waals surface area contributed by atoms with Crippen molar-refractivity contribution in [3.8, 4) is 17.3 Å². The molecule has 4 rings (SSSR count). The van der Waals surface area contributed by atoms with Crippen LogP contribution in [0, 0.1) is 6.92 Å². The zero-order chi connectivity index (χ0) is 17.9. The van der Waals surface area contributed by atoms with E-state index in [1.807, 2.05) is 60.0 Å². The average molecular weight is 382 g/mol. The average Bonchev–Trinajstić information content (AvgIpc) is 3.32. The number of thioether (sulfide) groups is 1. The molecule has 130 valence electrons. The molecule has 0 saturated carbocycles. The molecule has 26 heavy (non-hydrogen) atoms. The molecule has 0 atom stereocenters. The summed E-state index contributed by atoms with van der Waals surface area (Å²) >= 11 is 7.88. The van der Waals surface area contributed by atoms with Gasteiger partial charge >= 0.3 is 0 Å². The number of hydrogen-bond donors (Lipinski definition) is 0. The fourth-order valence-electron chi connectivity index (χ4n) is 2.69. The van der Waals surface area contributed by atoms with Gasteiger partial charge in [0.2, 0.25) is 5.82 Å². The highest BCUT2D eigenvalue weighted by Crippen LogP contribution is 2.32. The predicted molar refractivity (Wildman–Crippen MR) is 105 cm³/mol. The Bertz CT molecular complexity index is 1010. The standard InChI is InChI=1S/C20H16ClN3OS/c1-14-9-10-16(21)12-17(14)24-19(18-8-5-11-25-18)22-23-20(24)26-13-15-6-3-2-4-7-15/h2-12H,13H2,1H3. The zero-order valence-electron chi connectivity index (χ0n) is 14.1. The van der Waals surface area contributed by atoms with Crippen LogP contribution in [-0.2, 0) is 5.75 Å². The van der Waals surface area contributed by atoms with Crippen LogP contribution in [0.25, 0.3) is 17.3 Å². The Balaban J connectivity index is 1.78. The van der Waals surface area contributed by atoms with E-state index in [1.165, 1.54) is 5.56 Å². The lowest BCUT2D eigenvalue weighted by Crippen LogP contribution is -2.01. The van der Waals surface area contributed by atoms with Gasteiger partial charge in [-0.3, -0.25) is 4.57 Å². The molecule has 0 aliphatic carbocycles. The highest BCUT2D eigenvalue weighted by Gasteiger charge is 2.19. The summed E-state index contributed by atoms with van der Waals surface area (Å²) in [5.41, 5.74) is 3.27. The maximum absolute atomic E-state index is 6.25. The fourth-order valence-corrected chi connectivity index (χ4v) is 3.76. The Morgan fingerprint density at radius 1 is 1.04 bits per heavy atom. The second-order valence-electron chi connectivity index (χ2n) is 5.82. The Morgan fingerprint density at radius 2 is 1.88 bits per heavy atom. The molecule has 0 saturated heterocycles. The van der Waals surface area contributed by atoms with Gasteiger partial charge in [-0.05, 0) is 42.3 Å². The Kier molecular flexibility index (Phi) is 4.82. The second-order valence-corrected chi connectivity index (χ2v) is 7.20. The van der Waals surface area contributed by atoms with E-state index >= 15 is 0 Å². The minimum atomic E-state index is 0.663. The lowest BCUT2D eigenvalue weighted by atomic mass is 10.2. The Labute approximate surface area is 160 Å². The number of nitrogens with zero attached hydrogens (tertiary/aromatic N) is 3. The zero-order valence-corrected chi connectivity index (χ0v) is 15.7. The van der Waals surface area contributed by atoms with Crippen LogP contribution in [0.15, 0.2) is 76.5 Å². The maximum atomic E-state index is 6.25. The van der Waals surface area contributed by atoms with Crippen LogP contribution in [0.4, 0.5) is 0 Å². The molecular formula is C20H16ClN3OS. The highest BCUT2D eigenvalue weighted by molar-refractivity contribution is 7.98. The van der Waals surface area contributed by atoms with Crippen LogP contribution < -0.4 is 0 Å². The molecule has 0 fully saturated rings. The van der Waals surface area contributed by atoms with Gasteiger partial charge < -0.3 is 4.42 Å². The monoisotopic (exact) mass is 381 g/mol. The molecule has 0 aliphatic rings. The molecule has 0 spiro atoms. The molecular weight excluding hydrogens is 366 g/mol. The van der Waals surface area contributed by atoms with Crippen LogP contribution in [0.1, 0.15) is 11.1 Å². The van der Waals surface area contributed by atoms with Crippen molar-refractivity contribution in [1.29, 1.82) is 0 Å². The number of rotatable bonds is 5. The van der Waals surface area contributed by atoms with Crippen LogP contribution in [0.5, 0.6) is 0 Å². The molecule has 2 heterocycles. The summed E-state index contributed by atoms with van der Waals surface area (Å²) in [5, 5.41) is 10.2. The van der Waals surface area contributed by atoms with E-state index in [1.54, 1.807) is 18.0 Å². The molecule has 2 aromatic heterocycles. The smallest absolute Gasteiger partial charge is 0.205 e. The van der Waals surface area contributed by atoms with Gasteiger partial charge in [0.25, 0.3) is 0 Å². The third kappa shape index (κ3) is 3.41. The number of halogens is 1. The minimum Gasteiger partial charge on any atom is -0.461 e. The van der Waals surface area contributed by atoms with Gasteiger partial charge in [0.15, 0.2) is 10.9 Å². The van der Waals surface area contributed by atoms with Crippen molar-refractivity contribution in [2.24, 2.45) is 0 Å². The minimum absolute atomic E-state index is 0.663. The molecule has 4 aromatic rings. The van der Waals surface area contributed by atoms with E-state index in [9.17, 15) is 0 Å². The lowest BCUT2D eigenvalue weighted by Gasteiger charge is -2.12. The third-order valence-electron chi connectivity index (χ3n) is 4.00. The van der Waals surface area contributed by atoms with Crippen molar-refractivity contribution in [3.05, 3.63) is 83.1 Å². The van der Waals surface area contributed by atoms with Crippen molar-refractivity contribution in [1.82, 2.24) is 14.8 Å². The van der Waals surface area contributed by atoms with Crippen LogP contribution in [0.3, 0.4) is 0 Å². The van der Waals surface area contributed by atoms with Gasteiger partial charge in [0.1, 0.15) is 0 Å². The van der Waals surface area contributed by atoms with E-state index in [4.69, 9.17) is 16.0 Å². The first-order valence-corrected chi connectivity index (χ1v) is 9.51. The molecule has 0 unspecified atom stereocenters. The van der Waals surface area contributed by atoms with Gasteiger partial charge in [0.05, 0.1) is 12.0 Å². The second kappa shape index (κ2) is 7.40. The van der Waals surface area contributed by atoms with Crippen molar-refractivity contribution in [3.63, 3.8) is 0 Å². The van der Waals surface area contributed by atoms with Crippen molar-refractivity contribution in [2.45, 2.75) is 17.8 Å². The SMILES string of the molecule is Cc1ccc(Cl)cc1-n1c(SCc2ccccc2)nnc1-c1ccco1. The molecule has 0 amide bonds. The summed E-state index contributed by atoms with van der Waals surface area (Å²) in [6.45, 7) is 2.04. The van der Waals surface area contributed by atoms with E-state index < -0.39 is 0 Å². The van der Waals surface area contributed by atoms with E-state index in [0.29, 0.717) is 16.6 Å². The summed E-state index contributed by atoms with van der Waals surface area (Å²) in [4.78, 5) is 0. The highest BCUT2D eigenvalue weighted by atomic mass is 35.5. The van der Waals surface area contributed by atoms with Crippen molar-refractivity contribution < 1.29 is 4.42 Å². The Hall–Kier alpha value is -2.50. The molecule has 4 nitrogen and oxygen atoms in total. The van der Waals surface area contributed by atoms with E-state index in [2.05, 4.69) is 22.3 Å². The molecule has 0 N–H and O–H groups in total. The fraction of sp³-hybridized carbons (Fsp3) is 0.100. The van der Waals surface area contributed by atoms with Crippen LogP contribution >= 0.6 is 23.4 Å². The van der Waals surface area contributed by atoms with Gasteiger partial charge in [0, 0.05) is 10.8 Å². The summed E-state index contributed by atoms with van der Waals surface area (Å²) in [6.07, 6.45) is 1.63. The van der Waals surface area contributed by atoms with Crippen molar-refractivity contribution in [2.75, 3.05) is 0 Å². The number of hydrogen-bond acceptors (Lipinski definition) is 4. The van der Waals surface area contributed by atoms with Crippen molar-refractivity contribution >= 4 is 23.4 Å². The van der Waals surface area contributed by atoms with Crippen LogP contribution in [-0.4, -0.2) is 14.8 Å². The maximum Gasteiger partial charge on any atom is 0.205 e. The van der Waals surface area contributed by atoms with Gasteiger partial charge in [-0.1, -0.05) is 59.8 Å². The third-order valence-corrected chi connectivity index (χ3v) is 5.23. The van der Waals surface area contributed by atoms with E-state index in [0.717, 1.165) is 22.2 Å². The first kappa shape index (κ1) is 16.9. The number of aromatic nitrogens is 3. The lowest BCUT2D eigenvalue weighted by molar-refractivity contribution is 0.575. The predicted octanol–water partition coefficient (Wildman–Crippen LogP) is 5.78. The first-order valence-electron chi connectivity index (χ1n) is 8.15. The number of furan rings is 1. The Morgan fingerprint density at radius 3 is 2.65 bits per heavy atom. The number of benzene rings is 2. The number of aryl methyl sites for hydroxylation is 1. The normalized spacial score (nSPS) is 11.0. The summed E-state index contributed by atoms with van der Waals surface area (Å²) in [5.74, 6) is 2.14. The molecule has 0 bridgehead atoms.